The van der Waals surface area contributed by atoms with Gasteiger partial charge in [-0.3, -0.25) is 9.59 Å². The second kappa shape index (κ2) is 7.76. The van der Waals surface area contributed by atoms with E-state index >= 15 is 0 Å². The van der Waals surface area contributed by atoms with E-state index in [2.05, 4.69) is 13.8 Å². The van der Waals surface area contributed by atoms with Gasteiger partial charge in [0.25, 0.3) is 0 Å². The van der Waals surface area contributed by atoms with Crippen molar-refractivity contribution < 1.29 is 19.1 Å². The van der Waals surface area contributed by atoms with Gasteiger partial charge in [0.15, 0.2) is 0 Å². The summed E-state index contributed by atoms with van der Waals surface area (Å²) in [5.74, 6) is 5.60. The van der Waals surface area contributed by atoms with Crippen molar-refractivity contribution in [3.63, 3.8) is 0 Å². The van der Waals surface area contributed by atoms with Crippen LogP contribution in [0.15, 0.2) is 0 Å². The minimum absolute atomic E-state index is 0.0618. The first-order valence-corrected chi connectivity index (χ1v) is 13.1. The summed E-state index contributed by atoms with van der Waals surface area (Å²) >= 11 is 0. The number of fused-ring (bicyclic) bond motifs is 5. The molecule has 5 aliphatic rings. The lowest BCUT2D eigenvalue weighted by molar-refractivity contribution is -0.167. The Morgan fingerprint density at radius 2 is 1.58 bits per heavy atom. The summed E-state index contributed by atoms with van der Waals surface area (Å²) in [6.45, 7) is 8.72. The van der Waals surface area contributed by atoms with Crippen LogP contribution >= 0.6 is 0 Å². The maximum absolute atomic E-state index is 12.3. The fourth-order valence-electron chi connectivity index (χ4n) is 9.43. The maximum Gasteiger partial charge on any atom is 0.309 e. The summed E-state index contributed by atoms with van der Waals surface area (Å²) in [5, 5.41) is 0. The minimum atomic E-state index is -0.241. The van der Waals surface area contributed by atoms with E-state index in [4.69, 9.17) is 9.47 Å². The van der Waals surface area contributed by atoms with Crippen LogP contribution in [-0.2, 0) is 19.1 Å². The van der Waals surface area contributed by atoms with Gasteiger partial charge in [0.1, 0.15) is 5.60 Å². The fourth-order valence-corrected chi connectivity index (χ4v) is 9.43. The predicted molar refractivity (Wildman–Crippen MR) is 119 cm³/mol. The average molecular weight is 431 g/mol. The summed E-state index contributed by atoms with van der Waals surface area (Å²) < 4.78 is 11.1. The van der Waals surface area contributed by atoms with Gasteiger partial charge in [-0.2, -0.15) is 0 Å². The van der Waals surface area contributed by atoms with Crippen LogP contribution in [0.25, 0.3) is 0 Å². The maximum atomic E-state index is 12.3. The van der Waals surface area contributed by atoms with Crippen LogP contribution < -0.4 is 0 Å². The van der Waals surface area contributed by atoms with Crippen LogP contribution in [0, 0.1) is 52.8 Å². The molecule has 10 atom stereocenters. The van der Waals surface area contributed by atoms with E-state index in [0.717, 1.165) is 54.8 Å². The van der Waals surface area contributed by atoms with Crippen LogP contribution in [0.5, 0.6) is 0 Å². The Kier molecular flexibility index (Phi) is 5.45. The summed E-state index contributed by atoms with van der Waals surface area (Å²) in [5.41, 5.74) is 0.191. The Morgan fingerprint density at radius 3 is 2.29 bits per heavy atom. The average Bonchev–Trinajstić information content (AvgIpc) is 3.41. The molecule has 0 N–H and O–H groups in total. The number of hydrogen-bond donors (Lipinski definition) is 0. The van der Waals surface area contributed by atoms with E-state index in [9.17, 15) is 9.59 Å². The number of carbonyl (C=O) groups excluding carboxylic acids is 2. The van der Waals surface area contributed by atoms with Crippen molar-refractivity contribution in [1.29, 1.82) is 0 Å². The van der Waals surface area contributed by atoms with E-state index < -0.39 is 0 Å². The number of ether oxygens (including phenoxy) is 2. The zero-order valence-corrected chi connectivity index (χ0v) is 20.0. The van der Waals surface area contributed by atoms with E-state index in [1.807, 2.05) is 6.92 Å². The molecule has 0 amide bonds. The molecular weight excluding hydrogens is 388 g/mol. The summed E-state index contributed by atoms with van der Waals surface area (Å²) in [7, 11) is 0. The van der Waals surface area contributed by atoms with Crippen molar-refractivity contribution >= 4 is 11.9 Å². The lowest BCUT2D eigenvalue weighted by Crippen LogP contribution is -2.51. The molecule has 4 nitrogen and oxygen atoms in total. The van der Waals surface area contributed by atoms with E-state index in [1.54, 1.807) is 6.92 Å². The lowest BCUT2D eigenvalue weighted by Gasteiger charge is -2.57. The first kappa shape index (κ1) is 21.8. The van der Waals surface area contributed by atoms with Crippen molar-refractivity contribution in [3.05, 3.63) is 0 Å². The topological polar surface area (TPSA) is 52.6 Å². The molecule has 5 rings (SSSR count). The van der Waals surface area contributed by atoms with Gasteiger partial charge in [-0.05, 0) is 125 Å². The molecule has 0 aliphatic heterocycles. The molecule has 174 valence electrons. The molecule has 5 fully saturated rings. The molecule has 0 aromatic rings. The van der Waals surface area contributed by atoms with Gasteiger partial charge >= 0.3 is 11.9 Å². The predicted octanol–water partition coefficient (Wildman–Crippen LogP) is 5.78. The quantitative estimate of drug-likeness (QED) is 0.531. The van der Waals surface area contributed by atoms with Crippen LogP contribution in [-0.4, -0.2) is 24.1 Å². The Hall–Kier alpha value is -1.06. The molecule has 0 bridgehead atoms. The second-order valence-electron chi connectivity index (χ2n) is 12.2. The van der Waals surface area contributed by atoms with Gasteiger partial charge in [0.2, 0.25) is 0 Å². The number of esters is 2. The number of hydrogen-bond acceptors (Lipinski definition) is 4. The van der Waals surface area contributed by atoms with Gasteiger partial charge in [0, 0.05) is 6.92 Å². The molecule has 5 aliphatic carbocycles. The molecule has 0 aromatic carbocycles. The van der Waals surface area contributed by atoms with Crippen molar-refractivity contribution in [3.8, 4) is 0 Å². The third-order valence-electron chi connectivity index (χ3n) is 10.6. The fraction of sp³-hybridized carbons (Fsp3) is 0.926. The standard InChI is InChI=1S/C27H42O4/c1-5-30-25(29)22-14-21(22)24-9-8-23-20-7-6-17-15-26(3,31-16(2)28)12-10-18(17)19(20)11-13-27(23,24)4/h17-24H,5-15H2,1-4H3/t17-,18+,19-,20-,21?,22?,23+,24-,26-,27+/m1/s1. The highest BCUT2D eigenvalue weighted by Crippen LogP contribution is 2.68. The van der Waals surface area contributed by atoms with E-state index in [-0.39, 0.29) is 23.5 Å². The first-order chi connectivity index (χ1) is 14.8. The normalized spacial score (nSPS) is 50.6. The molecular formula is C27H42O4. The van der Waals surface area contributed by atoms with Crippen LogP contribution in [0.3, 0.4) is 0 Å². The Morgan fingerprint density at radius 1 is 0.871 bits per heavy atom. The molecule has 4 heteroatoms. The highest BCUT2D eigenvalue weighted by molar-refractivity contribution is 5.75. The summed E-state index contributed by atoms with van der Waals surface area (Å²) in [4.78, 5) is 23.9. The SMILES string of the molecule is CCOC(=O)C1CC1[C@H]1CC[C@H]2[C@@H]3CC[C@@H]4C[C@](C)(OC(C)=O)CC[C@@H]4[C@H]3CC[C@]12C. The van der Waals surface area contributed by atoms with E-state index in [0.29, 0.717) is 17.9 Å². The molecule has 0 aromatic heterocycles. The summed E-state index contributed by atoms with van der Waals surface area (Å²) in [6.07, 6.45) is 12.5. The van der Waals surface area contributed by atoms with Crippen LogP contribution in [0.1, 0.15) is 91.9 Å². The molecule has 2 unspecified atom stereocenters. The zero-order valence-electron chi connectivity index (χ0n) is 20.0. The summed E-state index contributed by atoms with van der Waals surface area (Å²) in [6, 6.07) is 0. The molecule has 0 spiro atoms. The molecule has 31 heavy (non-hydrogen) atoms. The third kappa shape index (κ3) is 3.64. The Bertz CT molecular complexity index is 733. The zero-order chi connectivity index (χ0) is 22.0. The minimum Gasteiger partial charge on any atom is -0.466 e. The third-order valence-corrected chi connectivity index (χ3v) is 10.6. The highest BCUT2D eigenvalue weighted by atomic mass is 16.6. The van der Waals surface area contributed by atoms with E-state index in [1.165, 1.54) is 44.9 Å². The van der Waals surface area contributed by atoms with Crippen molar-refractivity contribution in [1.82, 2.24) is 0 Å². The van der Waals surface area contributed by atoms with Gasteiger partial charge in [-0.15, -0.1) is 0 Å². The van der Waals surface area contributed by atoms with Gasteiger partial charge in [-0.25, -0.2) is 0 Å². The highest BCUT2D eigenvalue weighted by Gasteiger charge is 2.62. The smallest absolute Gasteiger partial charge is 0.309 e. The molecule has 5 saturated carbocycles. The Balaban J connectivity index is 1.26. The van der Waals surface area contributed by atoms with Crippen LogP contribution in [0.2, 0.25) is 0 Å². The largest absolute Gasteiger partial charge is 0.466 e. The van der Waals surface area contributed by atoms with Gasteiger partial charge < -0.3 is 9.47 Å². The Labute approximate surface area is 188 Å². The first-order valence-electron chi connectivity index (χ1n) is 13.1. The monoisotopic (exact) mass is 430 g/mol. The van der Waals surface area contributed by atoms with Crippen molar-refractivity contribution in [2.45, 2.75) is 97.5 Å². The lowest BCUT2D eigenvalue weighted by atomic mass is 9.49. The number of carbonyl (C=O) groups is 2. The number of rotatable bonds is 4. The molecule has 0 heterocycles. The van der Waals surface area contributed by atoms with Crippen LogP contribution in [0.4, 0.5) is 0 Å². The second-order valence-corrected chi connectivity index (χ2v) is 12.2. The molecule has 0 saturated heterocycles. The van der Waals surface area contributed by atoms with Gasteiger partial charge in [0.05, 0.1) is 12.5 Å². The van der Waals surface area contributed by atoms with Crippen molar-refractivity contribution in [2.75, 3.05) is 6.61 Å². The van der Waals surface area contributed by atoms with Gasteiger partial charge in [-0.1, -0.05) is 6.92 Å². The molecule has 0 radical (unpaired) electrons. The van der Waals surface area contributed by atoms with Crippen molar-refractivity contribution in [2.24, 2.45) is 52.8 Å².